The largest absolute Gasteiger partial charge is 0.353 e. The normalized spacial score (nSPS) is 12.9. The highest BCUT2D eigenvalue weighted by molar-refractivity contribution is 5.78. The lowest BCUT2D eigenvalue weighted by Gasteiger charge is -2.12. The fraction of sp³-hybridized carbons (Fsp3) is 0.909. The molecule has 0 rings (SSSR count). The molecule has 0 aromatic rings. The Balaban J connectivity index is 3.39. The van der Waals surface area contributed by atoms with Crippen LogP contribution in [0.25, 0.3) is 0 Å². The Morgan fingerprint density at radius 1 is 1.29 bits per heavy atom. The van der Waals surface area contributed by atoms with Gasteiger partial charge >= 0.3 is 0 Å². The second-order valence-electron chi connectivity index (χ2n) is 4.25. The first kappa shape index (κ1) is 13.4. The second-order valence-corrected chi connectivity index (χ2v) is 4.25. The van der Waals surface area contributed by atoms with E-state index in [1.165, 1.54) is 12.8 Å². The molecule has 14 heavy (non-hydrogen) atoms. The summed E-state index contributed by atoms with van der Waals surface area (Å²) < 4.78 is 0. The number of hydrogen-bond acceptors (Lipinski definition) is 2. The van der Waals surface area contributed by atoms with Crippen molar-refractivity contribution >= 4 is 5.91 Å². The van der Waals surface area contributed by atoms with Crippen LogP contribution < -0.4 is 10.6 Å². The van der Waals surface area contributed by atoms with Gasteiger partial charge in [0.25, 0.3) is 0 Å². The smallest absolute Gasteiger partial charge is 0.234 e. The topological polar surface area (TPSA) is 41.1 Å². The number of nitrogens with one attached hydrogen (secondary N) is 2. The maximum absolute atomic E-state index is 11.2. The van der Waals surface area contributed by atoms with Gasteiger partial charge in [-0.15, -0.1) is 0 Å². The SMILES string of the molecule is CCCC(C)CNCC(=O)NC(C)C. The van der Waals surface area contributed by atoms with Gasteiger partial charge in [0, 0.05) is 6.04 Å². The van der Waals surface area contributed by atoms with Crippen molar-refractivity contribution in [3.8, 4) is 0 Å². The van der Waals surface area contributed by atoms with Crippen LogP contribution >= 0.6 is 0 Å². The predicted molar refractivity (Wildman–Crippen MR) is 60.2 cm³/mol. The van der Waals surface area contributed by atoms with E-state index in [1.54, 1.807) is 0 Å². The minimum atomic E-state index is 0.0868. The Morgan fingerprint density at radius 2 is 1.93 bits per heavy atom. The molecule has 1 atom stereocenters. The van der Waals surface area contributed by atoms with Crippen molar-refractivity contribution in [1.29, 1.82) is 0 Å². The third kappa shape index (κ3) is 8.05. The minimum Gasteiger partial charge on any atom is -0.353 e. The highest BCUT2D eigenvalue weighted by Gasteiger charge is 2.04. The summed E-state index contributed by atoms with van der Waals surface area (Å²) in [5, 5.41) is 6.01. The van der Waals surface area contributed by atoms with Gasteiger partial charge in [-0.25, -0.2) is 0 Å². The zero-order chi connectivity index (χ0) is 11.0. The predicted octanol–water partition coefficient (Wildman–Crippen LogP) is 1.54. The molecule has 0 heterocycles. The highest BCUT2D eigenvalue weighted by atomic mass is 16.1. The molecule has 1 unspecified atom stereocenters. The summed E-state index contributed by atoms with van der Waals surface area (Å²) in [5.74, 6) is 0.746. The van der Waals surface area contributed by atoms with Gasteiger partial charge in [0.2, 0.25) is 5.91 Å². The van der Waals surface area contributed by atoms with Crippen molar-refractivity contribution in [1.82, 2.24) is 10.6 Å². The van der Waals surface area contributed by atoms with Crippen LogP contribution in [0, 0.1) is 5.92 Å². The Hall–Kier alpha value is -0.570. The Kier molecular flexibility index (Phi) is 7.48. The van der Waals surface area contributed by atoms with Gasteiger partial charge in [0.05, 0.1) is 6.54 Å². The standard InChI is InChI=1S/C11H24N2O/c1-5-6-10(4)7-12-8-11(14)13-9(2)3/h9-10,12H,5-8H2,1-4H3,(H,13,14). The molecule has 0 fully saturated rings. The molecular formula is C11H24N2O. The van der Waals surface area contributed by atoms with E-state index >= 15 is 0 Å². The minimum absolute atomic E-state index is 0.0868. The first-order valence-corrected chi connectivity index (χ1v) is 5.56. The Bertz CT molecular complexity index is 157. The van der Waals surface area contributed by atoms with Gasteiger partial charge in [0.1, 0.15) is 0 Å². The van der Waals surface area contributed by atoms with Gasteiger partial charge in [-0.2, -0.15) is 0 Å². The molecule has 0 saturated carbocycles. The molecule has 0 aromatic carbocycles. The third-order valence-electron chi connectivity index (χ3n) is 2.01. The maximum atomic E-state index is 11.2. The molecule has 0 aromatic heterocycles. The number of rotatable bonds is 7. The summed E-state index contributed by atoms with van der Waals surface area (Å²) >= 11 is 0. The average molecular weight is 200 g/mol. The maximum Gasteiger partial charge on any atom is 0.234 e. The lowest BCUT2D eigenvalue weighted by atomic mass is 10.1. The van der Waals surface area contributed by atoms with Crippen LogP contribution in [0.15, 0.2) is 0 Å². The van der Waals surface area contributed by atoms with E-state index in [2.05, 4.69) is 24.5 Å². The molecule has 0 radical (unpaired) electrons. The molecule has 2 N–H and O–H groups in total. The third-order valence-corrected chi connectivity index (χ3v) is 2.01. The molecule has 0 bridgehead atoms. The number of amides is 1. The second kappa shape index (κ2) is 7.80. The lowest BCUT2D eigenvalue weighted by molar-refractivity contribution is -0.120. The number of carbonyl (C=O) groups is 1. The summed E-state index contributed by atoms with van der Waals surface area (Å²) in [7, 11) is 0. The van der Waals surface area contributed by atoms with Gasteiger partial charge in [-0.05, 0) is 32.7 Å². The van der Waals surface area contributed by atoms with Crippen molar-refractivity contribution in [2.24, 2.45) is 5.92 Å². The molecular weight excluding hydrogens is 176 g/mol. The number of carbonyl (C=O) groups excluding carboxylic acids is 1. The zero-order valence-corrected chi connectivity index (χ0v) is 9.89. The van der Waals surface area contributed by atoms with Crippen molar-refractivity contribution in [2.45, 2.75) is 46.6 Å². The van der Waals surface area contributed by atoms with Crippen LogP contribution in [0.5, 0.6) is 0 Å². The van der Waals surface area contributed by atoms with Crippen LogP contribution in [0.3, 0.4) is 0 Å². The summed E-state index contributed by atoms with van der Waals surface area (Å²) in [6, 6.07) is 0.234. The van der Waals surface area contributed by atoms with Crippen LogP contribution in [-0.4, -0.2) is 25.0 Å². The summed E-state index contributed by atoms with van der Waals surface area (Å²) in [5.41, 5.74) is 0. The van der Waals surface area contributed by atoms with E-state index < -0.39 is 0 Å². The first-order chi connectivity index (χ1) is 6.56. The molecule has 84 valence electrons. The van der Waals surface area contributed by atoms with Gasteiger partial charge in [-0.3, -0.25) is 4.79 Å². The van der Waals surface area contributed by atoms with Gasteiger partial charge in [-0.1, -0.05) is 20.3 Å². The molecule has 3 heteroatoms. The van der Waals surface area contributed by atoms with Crippen LogP contribution in [0.4, 0.5) is 0 Å². The number of hydrogen-bond donors (Lipinski definition) is 2. The highest BCUT2D eigenvalue weighted by Crippen LogP contribution is 2.01. The van der Waals surface area contributed by atoms with Gasteiger partial charge < -0.3 is 10.6 Å². The van der Waals surface area contributed by atoms with E-state index in [0.29, 0.717) is 12.5 Å². The molecule has 0 aliphatic rings. The van der Waals surface area contributed by atoms with Crippen LogP contribution in [-0.2, 0) is 4.79 Å². The zero-order valence-electron chi connectivity index (χ0n) is 9.89. The lowest BCUT2D eigenvalue weighted by Crippen LogP contribution is -2.38. The quantitative estimate of drug-likeness (QED) is 0.654. The van der Waals surface area contributed by atoms with Crippen molar-refractivity contribution in [2.75, 3.05) is 13.1 Å². The molecule has 3 nitrogen and oxygen atoms in total. The van der Waals surface area contributed by atoms with E-state index in [0.717, 1.165) is 6.54 Å². The van der Waals surface area contributed by atoms with Crippen LogP contribution in [0.2, 0.25) is 0 Å². The van der Waals surface area contributed by atoms with Crippen LogP contribution in [0.1, 0.15) is 40.5 Å². The summed E-state index contributed by atoms with van der Waals surface area (Å²) in [4.78, 5) is 11.2. The van der Waals surface area contributed by atoms with Gasteiger partial charge in [0.15, 0.2) is 0 Å². The molecule has 0 aliphatic heterocycles. The average Bonchev–Trinajstić information content (AvgIpc) is 2.02. The van der Waals surface area contributed by atoms with Crippen molar-refractivity contribution < 1.29 is 4.79 Å². The summed E-state index contributed by atoms with van der Waals surface area (Å²) in [6.45, 7) is 9.69. The Labute approximate surface area is 87.6 Å². The molecule has 0 saturated heterocycles. The van der Waals surface area contributed by atoms with Crippen molar-refractivity contribution in [3.05, 3.63) is 0 Å². The van der Waals surface area contributed by atoms with E-state index in [4.69, 9.17) is 0 Å². The van der Waals surface area contributed by atoms with E-state index in [9.17, 15) is 4.79 Å². The molecule has 0 aliphatic carbocycles. The summed E-state index contributed by atoms with van der Waals surface area (Å²) in [6.07, 6.45) is 2.43. The first-order valence-electron chi connectivity index (χ1n) is 5.56. The fourth-order valence-electron chi connectivity index (χ4n) is 1.40. The van der Waals surface area contributed by atoms with Crippen molar-refractivity contribution in [3.63, 3.8) is 0 Å². The van der Waals surface area contributed by atoms with E-state index in [-0.39, 0.29) is 11.9 Å². The van der Waals surface area contributed by atoms with E-state index in [1.807, 2.05) is 13.8 Å². The Morgan fingerprint density at radius 3 is 2.43 bits per heavy atom. The molecule has 1 amide bonds. The fourth-order valence-corrected chi connectivity index (χ4v) is 1.40. The monoisotopic (exact) mass is 200 g/mol. The molecule has 0 spiro atoms.